The molecule has 0 spiro atoms. The van der Waals surface area contributed by atoms with Gasteiger partial charge in [-0.25, -0.2) is 4.68 Å². The second-order valence-electron chi connectivity index (χ2n) is 4.60. The predicted octanol–water partition coefficient (Wildman–Crippen LogP) is 1.92. The van der Waals surface area contributed by atoms with Gasteiger partial charge in [-0.1, -0.05) is 17.3 Å². The predicted molar refractivity (Wildman–Crippen MR) is 66.2 cm³/mol. The molecular weight excluding hydrogens is 212 g/mol. The van der Waals surface area contributed by atoms with E-state index < -0.39 is 0 Å². The van der Waals surface area contributed by atoms with E-state index in [-0.39, 0.29) is 0 Å². The first-order valence-corrected chi connectivity index (χ1v) is 5.98. The Kier molecular flexibility index (Phi) is 2.44. The molecule has 1 aliphatic heterocycles. The number of hydrogen-bond acceptors (Lipinski definition) is 3. The van der Waals surface area contributed by atoms with Crippen molar-refractivity contribution in [3.05, 3.63) is 41.2 Å². The van der Waals surface area contributed by atoms with Gasteiger partial charge >= 0.3 is 0 Å². The highest BCUT2D eigenvalue weighted by atomic mass is 15.4. The first-order chi connectivity index (χ1) is 8.25. The lowest BCUT2D eigenvalue weighted by molar-refractivity contribution is 0.375. The minimum absolute atomic E-state index is 0.397. The minimum Gasteiger partial charge on any atom is -0.308 e. The van der Waals surface area contributed by atoms with Crippen molar-refractivity contribution in [3.63, 3.8) is 0 Å². The molecule has 88 valence electrons. The maximum atomic E-state index is 4.24. The average molecular weight is 228 g/mol. The molecule has 1 aromatic heterocycles. The van der Waals surface area contributed by atoms with Crippen LogP contribution in [0.15, 0.2) is 24.4 Å². The molecule has 1 saturated heterocycles. The molecule has 1 aromatic carbocycles. The van der Waals surface area contributed by atoms with Crippen molar-refractivity contribution >= 4 is 0 Å². The smallest absolute Gasteiger partial charge is 0.100 e. The van der Waals surface area contributed by atoms with E-state index in [1.807, 2.05) is 10.9 Å². The van der Waals surface area contributed by atoms with Crippen molar-refractivity contribution in [1.29, 1.82) is 0 Å². The van der Waals surface area contributed by atoms with Crippen LogP contribution >= 0.6 is 0 Å². The van der Waals surface area contributed by atoms with Crippen molar-refractivity contribution in [1.82, 2.24) is 20.3 Å². The molecule has 0 saturated carbocycles. The molecule has 0 amide bonds. The lowest BCUT2D eigenvalue weighted by atomic mass is 10.0. The van der Waals surface area contributed by atoms with E-state index in [1.54, 1.807) is 0 Å². The van der Waals surface area contributed by atoms with Gasteiger partial charge in [-0.3, -0.25) is 0 Å². The average Bonchev–Trinajstić information content (AvgIpc) is 2.68. The van der Waals surface area contributed by atoms with E-state index >= 15 is 0 Å². The van der Waals surface area contributed by atoms with E-state index in [0.29, 0.717) is 6.04 Å². The molecule has 1 aliphatic rings. The highest BCUT2D eigenvalue weighted by molar-refractivity contribution is 5.44. The molecule has 0 radical (unpaired) electrons. The molecule has 0 bridgehead atoms. The van der Waals surface area contributed by atoms with Gasteiger partial charge in [-0.05, 0) is 44.0 Å². The van der Waals surface area contributed by atoms with Crippen LogP contribution in [0.3, 0.4) is 0 Å². The Morgan fingerprint density at radius 3 is 2.88 bits per heavy atom. The third-order valence-corrected chi connectivity index (χ3v) is 3.51. The summed E-state index contributed by atoms with van der Waals surface area (Å²) in [6.45, 7) is 5.32. The number of hydrogen-bond donors (Lipinski definition) is 1. The normalized spacial score (nSPS) is 19.1. The third kappa shape index (κ3) is 1.74. The molecule has 1 N–H and O–H groups in total. The van der Waals surface area contributed by atoms with E-state index in [1.165, 1.54) is 11.1 Å². The van der Waals surface area contributed by atoms with E-state index in [2.05, 4.69) is 47.7 Å². The van der Waals surface area contributed by atoms with Gasteiger partial charge in [0.1, 0.15) is 5.69 Å². The molecule has 1 unspecified atom stereocenters. The number of aryl methyl sites for hydroxylation is 1. The van der Waals surface area contributed by atoms with Crippen molar-refractivity contribution in [2.45, 2.75) is 26.3 Å². The molecule has 3 rings (SSSR count). The summed E-state index contributed by atoms with van der Waals surface area (Å²) in [4.78, 5) is 0. The quantitative estimate of drug-likeness (QED) is 0.854. The molecule has 1 atom stereocenters. The SMILES string of the molecule is Cc1cccc(-n2cc(C3CCN3)nn2)c1C. The lowest BCUT2D eigenvalue weighted by Crippen LogP contribution is -2.35. The second-order valence-corrected chi connectivity index (χ2v) is 4.60. The summed E-state index contributed by atoms with van der Waals surface area (Å²) in [5, 5.41) is 11.8. The highest BCUT2D eigenvalue weighted by Gasteiger charge is 2.21. The highest BCUT2D eigenvalue weighted by Crippen LogP contribution is 2.22. The van der Waals surface area contributed by atoms with Crippen LogP contribution in [0.1, 0.15) is 29.3 Å². The molecule has 2 heterocycles. The van der Waals surface area contributed by atoms with Crippen LogP contribution in [-0.2, 0) is 0 Å². The zero-order valence-corrected chi connectivity index (χ0v) is 10.1. The van der Waals surface area contributed by atoms with Crippen molar-refractivity contribution < 1.29 is 0 Å². The zero-order valence-electron chi connectivity index (χ0n) is 10.1. The number of rotatable bonds is 2. The summed E-state index contributed by atoms with van der Waals surface area (Å²) in [5.41, 5.74) is 4.69. The van der Waals surface area contributed by atoms with Crippen LogP contribution in [0.4, 0.5) is 0 Å². The van der Waals surface area contributed by atoms with Crippen LogP contribution in [-0.4, -0.2) is 21.5 Å². The fraction of sp³-hybridized carbons (Fsp3) is 0.385. The Morgan fingerprint density at radius 2 is 2.18 bits per heavy atom. The molecule has 1 fully saturated rings. The van der Waals surface area contributed by atoms with Gasteiger partial charge in [-0.2, -0.15) is 0 Å². The Labute approximate surface area is 101 Å². The fourth-order valence-electron chi connectivity index (χ4n) is 2.08. The van der Waals surface area contributed by atoms with Crippen LogP contribution in [0, 0.1) is 13.8 Å². The van der Waals surface area contributed by atoms with E-state index in [0.717, 1.165) is 24.3 Å². The van der Waals surface area contributed by atoms with Crippen molar-refractivity contribution in [3.8, 4) is 5.69 Å². The second kappa shape index (κ2) is 3.96. The summed E-state index contributed by atoms with van der Waals surface area (Å²) in [7, 11) is 0. The summed E-state index contributed by atoms with van der Waals surface area (Å²) in [6, 6.07) is 6.65. The van der Waals surface area contributed by atoms with Gasteiger partial charge in [0.25, 0.3) is 0 Å². The molecular formula is C13H16N4. The van der Waals surface area contributed by atoms with Crippen LogP contribution in [0.25, 0.3) is 5.69 Å². The van der Waals surface area contributed by atoms with Gasteiger partial charge in [0, 0.05) is 0 Å². The maximum absolute atomic E-state index is 4.24. The van der Waals surface area contributed by atoms with Gasteiger partial charge in [0.2, 0.25) is 0 Å². The van der Waals surface area contributed by atoms with E-state index in [4.69, 9.17) is 0 Å². The van der Waals surface area contributed by atoms with Crippen molar-refractivity contribution in [2.24, 2.45) is 0 Å². The summed E-state index contributed by atoms with van der Waals surface area (Å²) in [5.74, 6) is 0. The van der Waals surface area contributed by atoms with Crippen molar-refractivity contribution in [2.75, 3.05) is 6.54 Å². The third-order valence-electron chi connectivity index (χ3n) is 3.51. The standard InChI is InChI=1S/C13H16N4/c1-9-4-3-5-13(10(9)2)17-8-12(15-16-17)11-6-7-14-11/h3-5,8,11,14H,6-7H2,1-2H3. The minimum atomic E-state index is 0.397. The number of nitrogens with zero attached hydrogens (tertiary/aromatic N) is 3. The van der Waals surface area contributed by atoms with Crippen LogP contribution < -0.4 is 5.32 Å². The Bertz CT molecular complexity index is 540. The number of aromatic nitrogens is 3. The van der Waals surface area contributed by atoms with Gasteiger partial charge in [-0.15, -0.1) is 5.10 Å². The summed E-state index contributed by atoms with van der Waals surface area (Å²) < 4.78 is 1.87. The van der Waals surface area contributed by atoms with Crippen LogP contribution in [0.5, 0.6) is 0 Å². The molecule has 4 nitrogen and oxygen atoms in total. The summed E-state index contributed by atoms with van der Waals surface area (Å²) in [6.07, 6.45) is 3.18. The van der Waals surface area contributed by atoms with Gasteiger partial charge in [0.05, 0.1) is 17.9 Å². The maximum Gasteiger partial charge on any atom is 0.100 e. The van der Waals surface area contributed by atoms with E-state index in [9.17, 15) is 0 Å². The molecule has 2 aromatic rings. The zero-order chi connectivity index (χ0) is 11.8. The first-order valence-electron chi connectivity index (χ1n) is 5.98. The number of benzene rings is 1. The van der Waals surface area contributed by atoms with Gasteiger partial charge < -0.3 is 5.32 Å². The Morgan fingerprint density at radius 1 is 1.35 bits per heavy atom. The molecule has 17 heavy (non-hydrogen) atoms. The molecule has 4 heteroatoms. The Hall–Kier alpha value is -1.68. The largest absolute Gasteiger partial charge is 0.308 e. The van der Waals surface area contributed by atoms with Gasteiger partial charge in [0.15, 0.2) is 0 Å². The molecule has 0 aliphatic carbocycles. The lowest BCUT2D eigenvalue weighted by Gasteiger charge is -2.24. The number of nitrogens with one attached hydrogen (secondary N) is 1. The fourth-order valence-corrected chi connectivity index (χ4v) is 2.08. The summed E-state index contributed by atoms with van der Waals surface area (Å²) >= 11 is 0. The topological polar surface area (TPSA) is 42.7 Å². The Balaban J connectivity index is 1.97. The van der Waals surface area contributed by atoms with Crippen LogP contribution in [0.2, 0.25) is 0 Å². The monoisotopic (exact) mass is 228 g/mol. The first kappa shape index (κ1) is 10.5.